The topological polar surface area (TPSA) is 89.8 Å². The number of unbranched alkanes of at least 4 members (excludes halogenated alkanes) is 18. The third-order valence-electron chi connectivity index (χ3n) is 7.29. The first kappa shape index (κ1) is 36.8. The molecule has 0 aliphatic carbocycles. The van der Waals surface area contributed by atoms with Gasteiger partial charge in [-0.3, -0.25) is 4.79 Å². The number of nitrogens with one attached hydrogen (secondary N) is 1. The van der Waals surface area contributed by atoms with Crippen molar-refractivity contribution in [1.29, 1.82) is 0 Å². The fraction of sp³-hybridized carbons (Fsp3) is 0.848. The second kappa shape index (κ2) is 28.8. The van der Waals surface area contributed by atoms with Crippen LogP contribution in [0.2, 0.25) is 0 Å². The van der Waals surface area contributed by atoms with E-state index in [1.165, 1.54) is 89.9 Å². The van der Waals surface area contributed by atoms with Gasteiger partial charge in [-0.2, -0.15) is 0 Å². The number of hydrogen-bond donors (Lipinski definition) is 4. The Balaban J connectivity index is 3.81. The van der Waals surface area contributed by atoms with Gasteiger partial charge in [-0.1, -0.05) is 134 Å². The summed E-state index contributed by atoms with van der Waals surface area (Å²) < 4.78 is 0. The molecular weight excluding hydrogens is 474 g/mol. The summed E-state index contributed by atoms with van der Waals surface area (Å²) in [7, 11) is 0. The normalized spacial score (nSPS) is 14.3. The molecule has 0 aliphatic heterocycles. The van der Waals surface area contributed by atoms with E-state index < -0.39 is 24.2 Å². The molecule has 224 valence electrons. The molecule has 38 heavy (non-hydrogen) atoms. The van der Waals surface area contributed by atoms with Gasteiger partial charge < -0.3 is 20.6 Å². The number of aliphatic hydroxyl groups excluding tert-OH is 3. The lowest BCUT2D eigenvalue weighted by Gasteiger charge is -2.21. The average molecular weight is 538 g/mol. The van der Waals surface area contributed by atoms with Gasteiger partial charge in [-0.25, -0.2) is 0 Å². The van der Waals surface area contributed by atoms with Crippen LogP contribution in [-0.4, -0.2) is 46.1 Å². The summed E-state index contributed by atoms with van der Waals surface area (Å²) in [6, 6.07) is -0.796. The van der Waals surface area contributed by atoms with Gasteiger partial charge in [0.1, 0.15) is 6.10 Å². The maximum absolute atomic E-state index is 12.3. The number of carbonyl (C=O) groups is 1. The van der Waals surface area contributed by atoms with Crippen molar-refractivity contribution in [2.24, 2.45) is 0 Å². The Morgan fingerprint density at radius 3 is 1.53 bits per heavy atom. The van der Waals surface area contributed by atoms with E-state index in [1.807, 2.05) is 6.08 Å². The van der Waals surface area contributed by atoms with Crippen LogP contribution in [0.1, 0.15) is 155 Å². The zero-order valence-corrected chi connectivity index (χ0v) is 25.1. The van der Waals surface area contributed by atoms with Crippen LogP contribution in [0.5, 0.6) is 0 Å². The lowest BCUT2D eigenvalue weighted by Crippen LogP contribution is -2.48. The van der Waals surface area contributed by atoms with Gasteiger partial charge in [0.2, 0.25) is 5.91 Å². The van der Waals surface area contributed by atoms with Crippen molar-refractivity contribution in [2.75, 3.05) is 6.61 Å². The molecule has 3 unspecified atom stereocenters. The zero-order valence-electron chi connectivity index (χ0n) is 25.1. The molecule has 0 aromatic rings. The van der Waals surface area contributed by atoms with Crippen LogP contribution in [-0.2, 0) is 4.79 Å². The van der Waals surface area contributed by atoms with E-state index in [4.69, 9.17) is 0 Å². The third-order valence-corrected chi connectivity index (χ3v) is 7.29. The highest BCUT2D eigenvalue weighted by atomic mass is 16.3. The highest BCUT2D eigenvalue weighted by Crippen LogP contribution is 2.12. The summed E-state index contributed by atoms with van der Waals surface area (Å²) in [5, 5.41) is 32.7. The summed E-state index contributed by atoms with van der Waals surface area (Å²) in [5.74, 6) is -0.517. The van der Waals surface area contributed by atoms with Crippen molar-refractivity contribution < 1.29 is 20.1 Å². The monoisotopic (exact) mass is 537 g/mol. The van der Waals surface area contributed by atoms with Crippen molar-refractivity contribution in [3.63, 3.8) is 0 Å². The van der Waals surface area contributed by atoms with Gasteiger partial charge >= 0.3 is 0 Å². The fourth-order valence-electron chi connectivity index (χ4n) is 4.65. The number of carbonyl (C=O) groups excluding carboxylic acids is 1. The van der Waals surface area contributed by atoms with Gasteiger partial charge in [0.05, 0.1) is 18.8 Å². The minimum absolute atomic E-state index is 0.367. The number of allylic oxidation sites excluding steroid dienone is 3. The molecule has 0 spiro atoms. The van der Waals surface area contributed by atoms with Crippen LogP contribution >= 0.6 is 0 Å². The van der Waals surface area contributed by atoms with Crippen LogP contribution < -0.4 is 5.32 Å². The lowest BCUT2D eigenvalue weighted by atomic mass is 10.1. The number of amides is 1. The first-order valence-corrected chi connectivity index (χ1v) is 16.2. The predicted molar refractivity (Wildman–Crippen MR) is 162 cm³/mol. The third kappa shape index (κ3) is 23.9. The minimum Gasteiger partial charge on any atom is -0.394 e. The van der Waals surface area contributed by atoms with Crippen LogP contribution in [0.4, 0.5) is 0 Å². The van der Waals surface area contributed by atoms with Crippen LogP contribution in [0.15, 0.2) is 24.3 Å². The van der Waals surface area contributed by atoms with Crippen LogP contribution in [0.25, 0.3) is 0 Å². The summed E-state index contributed by atoms with van der Waals surface area (Å²) >= 11 is 0. The van der Waals surface area contributed by atoms with E-state index in [0.717, 1.165) is 44.9 Å². The van der Waals surface area contributed by atoms with E-state index in [0.29, 0.717) is 6.42 Å². The van der Waals surface area contributed by atoms with E-state index in [2.05, 4.69) is 31.3 Å². The van der Waals surface area contributed by atoms with Crippen LogP contribution in [0.3, 0.4) is 0 Å². The molecule has 0 heterocycles. The van der Waals surface area contributed by atoms with E-state index in [1.54, 1.807) is 6.08 Å². The van der Waals surface area contributed by atoms with Crippen molar-refractivity contribution in [3.05, 3.63) is 24.3 Å². The summed E-state index contributed by atoms with van der Waals surface area (Å²) in [5.41, 5.74) is 0. The van der Waals surface area contributed by atoms with Gasteiger partial charge in [0, 0.05) is 0 Å². The Morgan fingerprint density at radius 1 is 0.632 bits per heavy atom. The maximum atomic E-state index is 12.3. The second-order valence-corrected chi connectivity index (χ2v) is 11.0. The van der Waals surface area contributed by atoms with Gasteiger partial charge in [0.15, 0.2) is 0 Å². The van der Waals surface area contributed by atoms with Crippen molar-refractivity contribution in [3.8, 4) is 0 Å². The largest absolute Gasteiger partial charge is 0.394 e. The molecule has 5 nitrogen and oxygen atoms in total. The quantitative estimate of drug-likeness (QED) is 0.0603. The molecule has 0 radical (unpaired) electrons. The molecule has 4 N–H and O–H groups in total. The zero-order chi connectivity index (χ0) is 28.1. The molecule has 0 aromatic carbocycles. The number of aliphatic hydroxyl groups is 3. The van der Waals surface area contributed by atoms with Crippen molar-refractivity contribution >= 4 is 5.91 Å². The predicted octanol–water partition coefficient (Wildman–Crippen LogP) is 7.92. The Bertz CT molecular complexity index is 563. The molecule has 3 atom stereocenters. The van der Waals surface area contributed by atoms with Crippen LogP contribution in [0, 0.1) is 0 Å². The molecule has 0 saturated heterocycles. The fourth-order valence-corrected chi connectivity index (χ4v) is 4.65. The number of hydrogen-bond acceptors (Lipinski definition) is 4. The van der Waals surface area contributed by atoms with Crippen molar-refractivity contribution in [1.82, 2.24) is 5.32 Å². The molecule has 0 saturated carbocycles. The van der Waals surface area contributed by atoms with E-state index >= 15 is 0 Å². The molecule has 1 amide bonds. The first-order valence-electron chi connectivity index (χ1n) is 16.2. The van der Waals surface area contributed by atoms with E-state index in [9.17, 15) is 20.1 Å². The Morgan fingerprint density at radius 2 is 1.05 bits per heavy atom. The molecule has 5 heteroatoms. The molecular formula is C33H63NO4. The minimum atomic E-state index is -1.10. The van der Waals surface area contributed by atoms with Gasteiger partial charge in [0.25, 0.3) is 0 Å². The molecule has 0 fully saturated rings. The van der Waals surface area contributed by atoms with Gasteiger partial charge in [-0.15, -0.1) is 0 Å². The summed E-state index contributed by atoms with van der Waals surface area (Å²) in [6.07, 6.45) is 31.9. The first-order chi connectivity index (χ1) is 18.6. The maximum Gasteiger partial charge on any atom is 0.249 e. The molecule has 0 bridgehead atoms. The number of rotatable bonds is 28. The molecule has 0 aliphatic rings. The second-order valence-electron chi connectivity index (χ2n) is 11.0. The molecule has 0 aromatic heterocycles. The SMILES string of the molecule is CCCCCCCCC/C=C\CCCCCCC(O)C(=O)NC(CO)C(O)/C=C/CCCCCCCCC. The Hall–Kier alpha value is -1.17. The highest BCUT2D eigenvalue weighted by Gasteiger charge is 2.22. The summed E-state index contributed by atoms with van der Waals surface area (Å²) in [6.45, 7) is 4.11. The van der Waals surface area contributed by atoms with E-state index in [-0.39, 0.29) is 6.61 Å². The Kier molecular flexibility index (Phi) is 27.9. The van der Waals surface area contributed by atoms with Gasteiger partial charge in [-0.05, 0) is 44.9 Å². The van der Waals surface area contributed by atoms with Crippen molar-refractivity contribution in [2.45, 2.75) is 173 Å². The Labute approximate surface area is 235 Å². The highest BCUT2D eigenvalue weighted by molar-refractivity contribution is 5.80. The average Bonchev–Trinajstić information content (AvgIpc) is 2.92. The lowest BCUT2D eigenvalue weighted by molar-refractivity contribution is -0.131. The standard InChI is InChI=1S/C33H63NO4/c1-3-5-7-9-11-13-14-15-16-17-18-20-22-24-26-28-32(37)33(38)34-30(29-35)31(36)27-25-23-21-19-12-10-8-6-4-2/h16-17,25,27,30-32,35-37H,3-15,18-24,26,28-29H2,1-2H3,(H,34,38)/b17-16-,27-25+. The smallest absolute Gasteiger partial charge is 0.249 e. The molecule has 0 rings (SSSR count). The summed E-state index contributed by atoms with van der Waals surface area (Å²) in [4.78, 5) is 12.3.